The van der Waals surface area contributed by atoms with E-state index in [0.717, 1.165) is 5.69 Å². The van der Waals surface area contributed by atoms with E-state index in [1.54, 1.807) is 0 Å². The van der Waals surface area contributed by atoms with E-state index in [9.17, 15) is 0 Å². The quantitative estimate of drug-likeness (QED) is 0.784. The lowest BCUT2D eigenvalue weighted by Crippen LogP contribution is -2.31. The monoisotopic (exact) mass is 324 g/mol. The van der Waals surface area contributed by atoms with Gasteiger partial charge in [-0.2, -0.15) is 0 Å². The van der Waals surface area contributed by atoms with Gasteiger partial charge in [-0.15, -0.1) is 0 Å². The van der Waals surface area contributed by atoms with Crippen molar-refractivity contribution in [3.8, 4) is 0 Å². The van der Waals surface area contributed by atoms with Crippen LogP contribution in [0.25, 0.3) is 0 Å². The molecule has 2 N–H and O–H groups in total. The Balaban J connectivity index is 1.63. The van der Waals surface area contributed by atoms with Gasteiger partial charge in [-0.1, -0.05) is 35.9 Å². The SMILES string of the molecule is Cc1ccc(NC(=S)N[C@@H](C)c2ccc3c(c2)CCCC3)cc1. The van der Waals surface area contributed by atoms with Crippen LogP contribution >= 0.6 is 12.2 Å². The zero-order valence-electron chi connectivity index (χ0n) is 13.9. The smallest absolute Gasteiger partial charge is 0.171 e. The Kier molecular flexibility index (Phi) is 4.97. The van der Waals surface area contributed by atoms with E-state index in [4.69, 9.17) is 12.2 Å². The van der Waals surface area contributed by atoms with Crippen LogP contribution in [-0.2, 0) is 12.8 Å². The number of hydrogen-bond donors (Lipinski definition) is 2. The standard InChI is InChI=1S/C20H24N2S/c1-14-7-11-19(12-8-14)22-20(23)21-15(2)17-10-9-16-5-3-4-6-18(16)13-17/h7-13,15H,3-6H2,1-2H3,(H2,21,22,23)/t15-/m0/s1. The second-order valence-corrected chi connectivity index (χ2v) is 6.83. The summed E-state index contributed by atoms with van der Waals surface area (Å²) in [6.45, 7) is 4.24. The predicted octanol–water partition coefficient (Wildman–Crippen LogP) is 4.92. The summed E-state index contributed by atoms with van der Waals surface area (Å²) in [7, 11) is 0. The van der Waals surface area contributed by atoms with Gasteiger partial charge in [-0.3, -0.25) is 0 Å². The highest BCUT2D eigenvalue weighted by atomic mass is 32.1. The van der Waals surface area contributed by atoms with Crippen LogP contribution < -0.4 is 10.6 Å². The molecule has 0 amide bonds. The van der Waals surface area contributed by atoms with Gasteiger partial charge in [0.1, 0.15) is 0 Å². The van der Waals surface area contributed by atoms with Gasteiger partial charge in [0.25, 0.3) is 0 Å². The van der Waals surface area contributed by atoms with Crippen molar-refractivity contribution in [2.45, 2.75) is 45.6 Å². The van der Waals surface area contributed by atoms with Crippen LogP contribution in [0.5, 0.6) is 0 Å². The molecule has 120 valence electrons. The number of anilines is 1. The first kappa shape index (κ1) is 16.0. The molecule has 0 radical (unpaired) electrons. The fourth-order valence-corrected chi connectivity index (χ4v) is 3.40. The van der Waals surface area contributed by atoms with E-state index >= 15 is 0 Å². The van der Waals surface area contributed by atoms with Gasteiger partial charge in [-0.25, -0.2) is 0 Å². The third-order valence-corrected chi connectivity index (χ3v) is 4.75. The molecule has 3 rings (SSSR count). The molecule has 2 nitrogen and oxygen atoms in total. The fourth-order valence-electron chi connectivity index (χ4n) is 3.11. The largest absolute Gasteiger partial charge is 0.356 e. The van der Waals surface area contributed by atoms with Crippen molar-refractivity contribution in [2.24, 2.45) is 0 Å². The molecule has 0 fully saturated rings. The first-order valence-corrected chi connectivity index (χ1v) is 8.78. The van der Waals surface area contributed by atoms with Crippen molar-refractivity contribution < 1.29 is 0 Å². The zero-order valence-corrected chi connectivity index (χ0v) is 14.7. The molecule has 1 aliphatic rings. The lowest BCUT2D eigenvalue weighted by atomic mass is 9.89. The van der Waals surface area contributed by atoms with Crippen LogP contribution in [0, 0.1) is 6.92 Å². The topological polar surface area (TPSA) is 24.1 Å². The molecule has 2 aromatic rings. The van der Waals surface area contributed by atoms with Crippen molar-refractivity contribution >= 4 is 23.0 Å². The highest BCUT2D eigenvalue weighted by Gasteiger charge is 2.13. The van der Waals surface area contributed by atoms with Crippen molar-refractivity contribution in [1.82, 2.24) is 5.32 Å². The Labute approximate surface area is 144 Å². The number of thiocarbonyl (C=S) groups is 1. The molecular weight excluding hydrogens is 300 g/mol. The Morgan fingerprint density at radius 2 is 1.70 bits per heavy atom. The van der Waals surface area contributed by atoms with Gasteiger partial charge in [-0.05, 0) is 80.6 Å². The number of benzene rings is 2. The molecule has 0 spiro atoms. The van der Waals surface area contributed by atoms with Crippen LogP contribution in [0.15, 0.2) is 42.5 Å². The minimum atomic E-state index is 0.202. The second-order valence-electron chi connectivity index (χ2n) is 6.42. The number of aryl methyl sites for hydroxylation is 3. The van der Waals surface area contributed by atoms with E-state index in [1.165, 1.54) is 47.9 Å². The maximum absolute atomic E-state index is 5.44. The van der Waals surface area contributed by atoms with Crippen LogP contribution in [0.1, 0.15) is 48.1 Å². The van der Waals surface area contributed by atoms with Crippen molar-refractivity contribution in [3.63, 3.8) is 0 Å². The number of hydrogen-bond acceptors (Lipinski definition) is 1. The highest BCUT2D eigenvalue weighted by Crippen LogP contribution is 2.24. The lowest BCUT2D eigenvalue weighted by Gasteiger charge is -2.21. The average molecular weight is 324 g/mol. The number of nitrogens with one attached hydrogen (secondary N) is 2. The number of fused-ring (bicyclic) bond motifs is 1. The molecular formula is C20H24N2S. The maximum Gasteiger partial charge on any atom is 0.171 e. The average Bonchev–Trinajstić information content (AvgIpc) is 2.56. The van der Waals surface area contributed by atoms with E-state index in [0.29, 0.717) is 5.11 Å². The summed E-state index contributed by atoms with van der Waals surface area (Å²) in [6, 6.07) is 15.3. The van der Waals surface area contributed by atoms with Gasteiger partial charge in [0, 0.05) is 5.69 Å². The summed E-state index contributed by atoms with van der Waals surface area (Å²) in [6.07, 6.45) is 5.07. The summed E-state index contributed by atoms with van der Waals surface area (Å²) in [5.74, 6) is 0. The molecule has 0 unspecified atom stereocenters. The molecule has 0 bridgehead atoms. The molecule has 1 aliphatic carbocycles. The van der Waals surface area contributed by atoms with Gasteiger partial charge in [0.15, 0.2) is 5.11 Å². The summed E-state index contributed by atoms with van der Waals surface area (Å²) >= 11 is 5.44. The minimum Gasteiger partial charge on any atom is -0.356 e. The molecule has 1 atom stereocenters. The van der Waals surface area contributed by atoms with Crippen molar-refractivity contribution in [2.75, 3.05) is 5.32 Å². The van der Waals surface area contributed by atoms with Gasteiger partial charge in [0.2, 0.25) is 0 Å². The highest BCUT2D eigenvalue weighted by molar-refractivity contribution is 7.80. The molecule has 2 aromatic carbocycles. The molecule has 0 aliphatic heterocycles. The first-order valence-electron chi connectivity index (χ1n) is 8.38. The van der Waals surface area contributed by atoms with Gasteiger partial charge < -0.3 is 10.6 Å². The molecule has 3 heteroatoms. The molecule has 0 aromatic heterocycles. The maximum atomic E-state index is 5.44. The second kappa shape index (κ2) is 7.14. The molecule has 0 saturated carbocycles. The Hall–Kier alpha value is -1.87. The molecule has 0 saturated heterocycles. The van der Waals surface area contributed by atoms with E-state index < -0.39 is 0 Å². The normalized spacial score (nSPS) is 14.7. The van der Waals surface area contributed by atoms with Crippen LogP contribution in [0.2, 0.25) is 0 Å². The Morgan fingerprint density at radius 3 is 2.43 bits per heavy atom. The van der Waals surface area contributed by atoms with E-state index in [2.05, 4.69) is 54.8 Å². The summed E-state index contributed by atoms with van der Waals surface area (Å²) in [4.78, 5) is 0. The predicted molar refractivity (Wildman–Crippen MR) is 102 cm³/mol. The van der Waals surface area contributed by atoms with E-state index in [-0.39, 0.29) is 6.04 Å². The van der Waals surface area contributed by atoms with Crippen LogP contribution in [-0.4, -0.2) is 5.11 Å². The Bertz CT molecular complexity index is 691. The third kappa shape index (κ3) is 4.11. The summed E-state index contributed by atoms with van der Waals surface area (Å²) < 4.78 is 0. The van der Waals surface area contributed by atoms with Crippen LogP contribution in [0.4, 0.5) is 5.69 Å². The first-order chi connectivity index (χ1) is 11.1. The summed E-state index contributed by atoms with van der Waals surface area (Å²) in [5.41, 5.74) is 6.61. The molecule has 23 heavy (non-hydrogen) atoms. The van der Waals surface area contributed by atoms with Gasteiger partial charge >= 0.3 is 0 Å². The zero-order chi connectivity index (χ0) is 16.2. The number of rotatable bonds is 3. The summed E-state index contributed by atoms with van der Waals surface area (Å²) in [5, 5.41) is 7.30. The third-order valence-electron chi connectivity index (χ3n) is 4.53. The van der Waals surface area contributed by atoms with Crippen LogP contribution in [0.3, 0.4) is 0 Å². The minimum absolute atomic E-state index is 0.202. The lowest BCUT2D eigenvalue weighted by molar-refractivity contribution is 0.675. The van der Waals surface area contributed by atoms with Crippen molar-refractivity contribution in [1.29, 1.82) is 0 Å². The molecule has 0 heterocycles. The Morgan fingerprint density at radius 1 is 1.00 bits per heavy atom. The van der Waals surface area contributed by atoms with Gasteiger partial charge in [0.05, 0.1) is 6.04 Å². The fraction of sp³-hybridized carbons (Fsp3) is 0.350. The van der Waals surface area contributed by atoms with Crippen molar-refractivity contribution in [3.05, 3.63) is 64.7 Å². The van der Waals surface area contributed by atoms with E-state index in [1.807, 2.05) is 12.1 Å².